The van der Waals surface area contributed by atoms with Gasteiger partial charge in [-0.25, -0.2) is 4.98 Å². The van der Waals surface area contributed by atoms with Crippen LogP contribution in [0.4, 0.5) is 19.0 Å². The molecule has 114 valence electrons. The molecule has 0 amide bonds. The van der Waals surface area contributed by atoms with Gasteiger partial charge in [0.1, 0.15) is 24.2 Å². The molecule has 2 rings (SSSR count). The molecule has 1 heterocycles. The van der Waals surface area contributed by atoms with Crippen molar-refractivity contribution < 1.29 is 17.9 Å². The Morgan fingerprint density at radius 1 is 1.18 bits per heavy atom. The highest BCUT2D eigenvalue weighted by molar-refractivity contribution is 5.39. The minimum atomic E-state index is -4.45. The number of anilines is 1. The number of aromatic nitrogens is 1. The summed E-state index contributed by atoms with van der Waals surface area (Å²) >= 11 is 0. The molecule has 1 aromatic carbocycles. The summed E-state index contributed by atoms with van der Waals surface area (Å²) in [5.41, 5.74) is -0.368. The van der Waals surface area contributed by atoms with Crippen molar-refractivity contribution in [3.05, 3.63) is 53.7 Å². The summed E-state index contributed by atoms with van der Waals surface area (Å²) in [6.07, 6.45) is -3.04. The number of pyridine rings is 1. The van der Waals surface area contributed by atoms with Gasteiger partial charge in [-0.15, -0.1) is 0 Å². The number of rotatable bonds is 5. The number of halogens is 3. The topological polar surface area (TPSA) is 57.9 Å². The van der Waals surface area contributed by atoms with Gasteiger partial charge in [0.2, 0.25) is 0 Å². The molecule has 0 unspecified atom stereocenters. The molecule has 0 aliphatic rings. The quantitative estimate of drug-likeness (QED) is 0.859. The summed E-state index contributed by atoms with van der Waals surface area (Å²) in [7, 11) is 0. The lowest BCUT2D eigenvalue weighted by atomic mass is 10.2. The fourth-order valence-electron chi connectivity index (χ4n) is 1.73. The minimum Gasteiger partial charge on any atom is -0.491 e. The molecule has 0 saturated carbocycles. The van der Waals surface area contributed by atoms with Crippen LogP contribution in [0.25, 0.3) is 0 Å². The van der Waals surface area contributed by atoms with Gasteiger partial charge in [0.05, 0.1) is 17.7 Å². The van der Waals surface area contributed by atoms with E-state index in [0.29, 0.717) is 11.4 Å². The van der Waals surface area contributed by atoms with Crippen LogP contribution in [0.3, 0.4) is 0 Å². The van der Waals surface area contributed by atoms with Crippen LogP contribution >= 0.6 is 0 Å². The van der Waals surface area contributed by atoms with Crippen molar-refractivity contribution in [3.8, 4) is 11.8 Å². The Morgan fingerprint density at radius 3 is 2.59 bits per heavy atom. The Labute approximate surface area is 125 Å². The van der Waals surface area contributed by atoms with Gasteiger partial charge >= 0.3 is 6.18 Å². The zero-order valence-electron chi connectivity index (χ0n) is 11.4. The van der Waals surface area contributed by atoms with Crippen LogP contribution in [-0.2, 0) is 6.18 Å². The largest absolute Gasteiger partial charge is 0.491 e. The van der Waals surface area contributed by atoms with Crippen molar-refractivity contribution in [2.75, 3.05) is 18.5 Å². The van der Waals surface area contributed by atoms with Crippen LogP contribution in [0.15, 0.2) is 42.6 Å². The highest BCUT2D eigenvalue weighted by Crippen LogP contribution is 2.35. The summed E-state index contributed by atoms with van der Waals surface area (Å²) < 4.78 is 43.5. The molecule has 22 heavy (non-hydrogen) atoms. The third-order valence-electron chi connectivity index (χ3n) is 2.75. The molecule has 0 fully saturated rings. The SMILES string of the molecule is N#Cc1ccc(NCCOc2ccccc2C(F)(F)F)nc1. The standard InChI is InChI=1S/C15H12F3N3O/c16-15(17,18)12-3-1-2-4-13(12)22-8-7-20-14-6-5-11(9-19)10-21-14/h1-6,10H,7-8H2,(H,20,21). The van der Waals surface area contributed by atoms with E-state index < -0.39 is 11.7 Å². The van der Waals surface area contributed by atoms with E-state index in [0.717, 1.165) is 6.07 Å². The van der Waals surface area contributed by atoms with E-state index in [1.54, 1.807) is 12.1 Å². The Morgan fingerprint density at radius 2 is 1.95 bits per heavy atom. The van der Waals surface area contributed by atoms with Crippen LogP contribution in [0.5, 0.6) is 5.75 Å². The lowest BCUT2D eigenvalue weighted by molar-refractivity contribution is -0.138. The Bertz CT molecular complexity index is 663. The second kappa shape index (κ2) is 6.80. The van der Waals surface area contributed by atoms with E-state index in [4.69, 9.17) is 10.00 Å². The smallest absolute Gasteiger partial charge is 0.419 e. The van der Waals surface area contributed by atoms with Gasteiger partial charge in [-0.1, -0.05) is 12.1 Å². The van der Waals surface area contributed by atoms with Gasteiger partial charge in [-0.05, 0) is 24.3 Å². The van der Waals surface area contributed by atoms with Crippen molar-refractivity contribution in [1.29, 1.82) is 5.26 Å². The molecule has 0 aliphatic heterocycles. The van der Waals surface area contributed by atoms with Crippen molar-refractivity contribution in [3.63, 3.8) is 0 Å². The highest BCUT2D eigenvalue weighted by Gasteiger charge is 2.33. The first kappa shape index (κ1) is 15.6. The maximum atomic E-state index is 12.8. The maximum absolute atomic E-state index is 12.8. The molecule has 0 spiro atoms. The summed E-state index contributed by atoms with van der Waals surface area (Å²) in [5.74, 6) is 0.316. The number of nitriles is 1. The number of nitrogens with one attached hydrogen (secondary N) is 1. The third-order valence-corrected chi connectivity index (χ3v) is 2.75. The van der Waals surface area contributed by atoms with Crippen molar-refractivity contribution in [2.45, 2.75) is 6.18 Å². The molecular formula is C15H12F3N3O. The Hall–Kier alpha value is -2.75. The average molecular weight is 307 g/mol. The number of hydrogen-bond donors (Lipinski definition) is 1. The molecule has 2 aromatic rings. The summed E-state index contributed by atoms with van der Waals surface area (Å²) in [4.78, 5) is 3.98. The van der Waals surface area contributed by atoms with Crippen molar-refractivity contribution in [1.82, 2.24) is 4.98 Å². The summed E-state index contributed by atoms with van der Waals surface area (Å²) in [6.45, 7) is 0.333. The van der Waals surface area contributed by atoms with E-state index in [2.05, 4.69) is 10.3 Å². The van der Waals surface area contributed by atoms with E-state index in [-0.39, 0.29) is 18.9 Å². The minimum absolute atomic E-state index is 0.0504. The molecule has 0 saturated heterocycles. The first-order chi connectivity index (χ1) is 10.5. The van der Waals surface area contributed by atoms with Gasteiger partial charge in [0.25, 0.3) is 0 Å². The van der Waals surface area contributed by atoms with Crippen molar-refractivity contribution >= 4 is 5.82 Å². The molecule has 0 atom stereocenters. The van der Waals surface area contributed by atoms with Crippen LogP contribution < -0.4 is 10.1 Å². The van der Waals surface area contributed by atoms with E-state index in [1.165, 1.54) is 24.4 Å². The second-order valence-electron chi connectivity index (χ2n) is 4.31. The van der Waals surface area contributed by atoms with Crippen LogP contribution in [0, 0.1) is 11.3 Å². The van der Waals surface area contributed by atoms with E-state index in [9.17, 15) is 13.2 Å². The maximum Gasteiger partial charge on any atom is 0.419 e. The summed E-state index contributed by atoms with van der Waals surface area (Å²) in [5, 5.41) is 11.5. The van der Waals surface area contributed by atoms with Gasteiger partial charge < -0.3 is 10.1 Å². The van der Waals surface area contributed by atoms with Gasteiger partial charge in [-0.3, -0.25) is 0 Å². The third kappa shape index (κ3) is 4.12. The molecule has 4 nitrogen and oxygen atoms in total. The molecule has 1 aromatic heterocycles. The molecule has 0 aliphatic carbocycles. The van der Waals surface area contributed by atoms with Crippen molar-refractivity contribution in [2.24, 2.45) is 0 Å². The molecular weight excluding hydrogens is 295 g/mol. The molecule has 1 N–H and O–H groups in total. The van der Waals surface area contributed by atoms with Crippen LogP contribution in [-0.4, -0.2) is 18.1 Å². The normalized spacial score (nSPS) is 10.8. The molecule has 7 heteroatoms. The second-order valence-corrected chi connectivity index (χ2v) is 4.31. The van der Waals surface area contributed by atoms with Gasteiger partial charge in [0, 0.05) is 6.20 Å². The first-order valence-corrected chi connectivity index (χ1v) is 6.40. The van der Waals surface area contributed by atoms with Crippen LogP contribution in [0.1, 0.15) is 11.1 Å². The lowest BCUT2D eigenvalue weighted by Crippen LogP contribution is -2.15. The molecule has 0 radical (unpaired) electrons. The first-order valence-electron chi connectivity index (χ1n) is 6.40. The monoisotopic (exact) mass is 307 g/mol. The number of alkyl halides is 3. The average Bonchev–Trinajstić information content (AvgIpc) is 2.51. The van der Waals surface area contributed by atoms with E-state index >= 15 is 0 Å². The zero-order chi connectivity index (χ0) is 16.0. The number of para-hydroxylation sites is 1. The fraction of sp³-hybridized carbons (Fsp3) is 0.200. The Kier molecular flexibility index (Phi) is 4.84. The molecule has 0 bridgehead atoms. The predicted molar refractivity (Wildman–Crippen MR) is 74.4 cm³/mol. The number of benzene rings is 1. The van der Waals surface area contributed by atoms with Gasteiger partial charge in [-0.2, -0.15) is 18.4 Å². The number of nitrogens with zero attached hydrogens (tertiary/aromatic N) is 2. The zero-order valence-corrected chi connectivity index (χ0v) is 11.4. The Balaban J connectivity index is 1.88. The highest BCUT2D eigenvalue weighted by atomic mass is 19.4. The fourth-order valence-corrected chi connectivity index (χ4v) is 1.73. The van der Waals surface area contributed by atoms with E-state index in [1.807, 2.05) is 6.07 Å². The number of ether oxygens (including phenoxy) is 1. The summed E-state index contributed by atoms with van der Waals surface area (Å²) in [6, 6.07) is 10.2. The lowest BCUT2D eigenvalue weighted by Gasteiger charge is -2.14. The van der Waals surface area contributed by atoms with Gasteiger partial charge in [0.15, 0.2) is 0 Å². The van der Waals surface area contributed by atoms with Crippen LogP contribution in [0.2, 0.25) is 0 Å². The number of hydrogen-bond acceptors (Lipinski definition) is 4. The predicted octanol–water partition coefficient (Wildman–Crippen LogP) is 3.46.